The molecular formula is C24H25N5O3S. The fraction of sp³-hybridized carbons (Fsp3) is 0.250. The van der Waals surface area contributed by atoms with E-state index in [1.165, 1.54) is 0 Å². The number of methoxy groups -OCH3 is 1. The zero-order chi connectivity index (χ0) is 23.0. The lowest BCUT2D eigenvalue weighted by Gasteiger charge is -2.31. The SMILES string of the molecule is COc1ccc(-c2ccnc3[nH]c(-c4ccc(S(=O)(=O)N5CCN(C)CC5)cc4)nc23)cc1. The number of likely N-dealkylation sites (N-methyl/N-ethyl adjacent to an activating group) is 1. The fourth-order valence-electron chi connectivity index (χ4n) is 4.01. The second kappa shape index (κ2) is 8.58. The molecule has 33 heavy (non-hydrogen) atoms. The van der Waals surface area contributed by atoms with Crippen LogP contribution in [-0.4, -0.2) is 72.9 Å². The molecule has 1 saturated heterocycles. The van der Waals surface area contributed by atoms with Crippen molar-refractivity contribution in [2.45, 2.75) is 4.90 Å². The molecule has 1 aliphatic rings. The Morgan fingerprint density at radius 2 is 1.58 bits per heavy atom. The minimum absolute atomic E-state index is 0.295. The Bertz CT molecular complexity index is 1370. The first-order valence-corrected chi connectivity index (χ1v) is 12.2. The van der Waals surface area contributed by atoms with E-state index in [9.17, 15) is 8.42 Å². The maximum absolute atomic E-state index is 13.0. The zero-order valence-corrected chi connectivity index (χ0v) is 19.3. The molecule has 1 N–H and O–H groups in total. The lowest BCUT2D eigenvalue weighted by molar-refractivity contribution is 0.222. The predicted molar refractivity (Wildman–Crippen MR) is 128 cm³/mol. The van der Waals surface area contributed by atoms with Gasteiger partial charge in [0.05, 0.1) is 12.0 Å². The number of sulfonamides is 1. The van der Waals surface area contributed by atoms with Crippen molar-refractivity contribution >= 4 is 21.2 Å². The maximum Gasteiger partial charge on any atom is 0.243 e. The molecular weight excluding hydrogens is 438 g/mol. The number of pyridine rings is 1. The van der Waals surface area contributed by atoms with Crippen molar-refractivity contribution in [3.63, 3.8) is 0 Å². The first kappa shape index (κ1) is 21.6. The molecule has 2 aromatic heterocycles. The number of fused-ring (bicyclic) bond motifs is 1. The molecule has 0 unspecified atom stereocenters. The summed E-state index contributed by atoms with van der Waals surface area (Å²) >= 11 is 0. The Labute approximate surface area is 192 Å². The van der Waals surface area contributed by atoms with E-state index in [0.29, 0.717) is 29.5 Å². The van der Waals surface area contributed by atoms with E-state index in [1.54, 1.807) is 41.9 Å². The summed E-state index contributed by atoms with van der Waals surface area (Å²) in [7, 11) is 0.137. The Kier molecular flexibility index (Phi) is 5.61. The number of piperazine rings is 1. The highest BCUT2D eigenvalue weighted by Crippen LogP contribution is 2.30. The Morgan fingerprint density at radius 1 is 0.909 bits per heavy atom. The number of H-pyrrole nitrogens is 1. The topological polar surface area (TPSA) is 91.4 Å². The number of aromatic amines is 1. The maximum atomic E-state index is 13.0. The van der Waals surface area contributed by atoms with Gasteiger partial charge in [-0.05, 0) is 55.1 Å². The number of rotatable bonds is 5. The van der Waals surface area contributed by atoms with Crippen LogP contribution < -0.4 is 4.74 Å². The van der Waals surface area contributed by atoms with E-state index < -0.39 is 10.0 Å². The Morgan fingerprint density at radius 3 is 2.24 bits per heavy atom. The molecule has 0 spiro atoms. The van der Waals surface area contributed by atoms with Crippen molar-refractivity contribution in [2.24, 2.45) is 0 Å². The van der Waals surface area contributed by atoms with Crippen LogP contribution in [0.3, 0.4) is 0 Å². The summed E-state index contributed by atoms with van der Waals surface area (Å²) in [6.07, 6.45) is 1.75. The molecule has 0 atom stereocenters. The van der Waals surface area contributed by atoms with Crippen molar-refractivity contribution < 1.29 is 13.2 Å². The van der Waals surface area contributed by atoms with Gasteiger partial charge in [-0.3, -0.25) is 0 Å². The third-order valence-corrected chi connectivity index (χ3v) is 7.93. The van der Waals surface area contributed by atoms with E-state index in [2.05, 4.69) is 14.9 Å². The van der Waals surface area contributed by atoms with Gasteiger partial charge in [0.15, 0.2) is 5.65 Å². The summed E-state index contributed by atoms with van der Waals surface area (Å²) < 4.78 is 32.8. The third-order valence-electron chi connectivity index (χ3n) is 6.01. The molecule has 170 valence electrons. The molecule has 0 aliphatic carbocycles. The van der Waals surface area contributed by atoms with Crippen LogP contribution in [0.15, 0.2) is 65.7 Å². The predicted octanol–water partition coefficient (Wildman–Crippen LogP) is 3.24. The van der Waals surface area contributed by atoms with Crippen LogP contribution in [0.1, 0.15) is 0 Å². The normalized spacial score (nSPS) is 15.7. The van der Waals surface area contributed by atoms with Gasteiger partial charge in [0.2, 0.25) is 10.0 Å². The van der Waals surface area contributed by atoms with Gasteiger partial charge in [0.25, 0.3) is 0 Å². The number of nitrogens with one attached hydrogen (secondary N) is 1. The largest absolute Gasteiger partial charge is 0.497 e. The van der Waals surface area contributed by atoms with Crippen molar-refractivity contribution in [3.05, 3.63) is 60.8 Å². The summed E-state index contributed by atoms with van der Waals surface area (Å²) in [4.78, 5) is 14.9. The van der Waals surface area contributed by atoms with Crippen LogP contribution in [0.25, 0.3) is 33.7 Å². The van der Waals surface area contributed by atoms with E-state index >= 15 is 0 Å². The first-order chi connectivity index (χ1) is 16.0. The summed E-state index contributed by atoms with van der Waals surface area (Å²) in [5.74, 6) is 1.43. The van der Waals surface area contributed by atoms with E-state index in [4.69, 9.17) is 9.72 Å². The summed E-state index contributed by atoms with van der Waals surface area (Å²) in [5, 5.41) is 0. The highest BCUT2D eigenvalue weighted by Gasteiger charge is 2.27. The van der Waals surface area contributed by atoms with Gasteiger partial charge in [0, 0.05) is 43.5 Å². The molecule has 0 bridgehead atoms. The number of hydrogen-bond donors (Lipinski definition) is 1. The lowest BCUT2D eigenvalue weighted by atomic mass is 10.1. The van der Waals surface area contributed by atoms with Crippen LogP contribution in [0.4, 0.5) is 0 Å². The fourth-order valence-corrected chi connectivity index (χ4v) is 5.44. The van der Waals surface area contributed by atoms with Crippen LogP contribution in [0.2, 0.25) is 0 Å². The number of imidazole rings is 1. The summed E-state index contributed by atoms with van der Waals surface area (Å²) in [6, 6.07) is 16.6. The molecule has 0 radical (unpaired) electrons. The average molecular weight is 464 g/mol. The van der Waals surface area contributed by atoms with Crippen molar-refractivity contribution in [3.8, 4) is 28.3 Å². The van der Waals surface area contributed by atoms with Gasteiger partial charge in [-0.1, -0.05) is 12.1 Å². The van der Waals surface area contributed by atoms with Gasteiger partial charge in [-0.2, -0.15) is 4.31 Å². The Hall–Kier alpha value is -3.27. The molecule has 5 rings (SSSR count). The van der Waals surface area contributed by atoms with Crippen molar-refractivity contribution in [1.82, 2.24) is 24.2 Å². The minimum Gasteiger partial charge on any atom is -0.497 e. The van der Waals surface area contributed by atoms with Crippen LogP contribution >= 0.6 is 0 Å². The summed E-state index contributed by atoms with van der Waals surface area (Å²) in [5.41, 5.74) is 4.19. The molecule has 1 aliphatic heterocycles. The highest BCUT2D eigenvalue weighted by atomic mass is 32.2. The quantitative estimate of drug-likeness (QED) is 0.489. The second-order valence-electron chi connectivity index (χ2n) is 8.10. The average Bonchev–Trinajstić information content (AvgIpc) is 3.29. The lowest BCUT2D eigenvalue weighted by Crippen LogP contribution is -2.46. The zero-order valence-electron chi connectivity index (χ0n) is 18.5. The number of benzene rings is 2. The number of ether oxygens (including phenoxy) is 1. The molecule has 4 aromatic rings. The molecule has 0 saturated carbocycles. The first-order valence-electron chi connectivity index (χ1n) is 10.7. The van der Waals surface area contributed by atoms with Gasteiger partial charge < -0.3 is 14.6 Å². The number of aromatic nitrogens is 3. The van der Waals surface area contributed by atoms with E-state index in [1.807, 2.05) is 37.4 Å². The van der Waals surface area contributed by atoms with Crippen LogP contribution in [-0.2, 0) is 10.0 Å². The van der Waals surface area contributed by atoms with E-state index in [-0.39, 0.29) is 0 Å². The molecule has 8 nitrogen and oxygen atoms in total. The number of nitrogens with zero attached hydrogens (tertiary/aromatic N) is 4. The molecule has 2 aromatic carbocycles. The van der Waals surface area contributed by atoms with Gasteiger partial charge in [-0.25, -0.2) is 18.4 Å². The second-order valence-corrected chi connectivity index (χ2v) is 10.0. The Balaban J connectivity index is 1.45. The molecule has 3 heterocycles. The monoisotopic (exact) mass is 463 g/mol. The smallest absolute Gasteiger partial charge is 0.243 e. The van der Waals surface area contributed by atoms with Gasteiger partial charge in [0.1, 0.15) is 17.1 Å². The van der Waals surface area contributed by atoms with Crippen molar-refractivity contribution in [2.75, 3.05) is 40.3 Å². The minimum atomic E-state index is -3.50. The van der Waals surface area contributed by atoms with Crippen LogP contribution in [0.5, 0.6) is 5.75 Å². The van der Waals surface area contributed by atoms with Gasteiger partial charge in [-0.15, -0.1) is 0 Å². The number of hydrogen-bond acceptors (Lipinski definition) is 6. The van der Waals surface area contributed by atoms with Crippen LogP contribution in [0, 0.1) is 0 Å². The molecule has 9 heteroatoms. The third kappa shape index (κ3) is 4.10. The standard InChI is InChI=1S/C24H25N5O3S/c1-28-13-15-29(16-14-28)33(30,31)20-9-5-18(6-10-20)23-26-22-21(11-12-25-24(22)27-23)17-3-7-19(32-2)8-4-17/h3-12H,13-16H2,1-2H3,(H,25,26,27). The van der Waals surface area contributed by atoms with E-state index in [0.717, 1.165) is 41.0 Å². The highest BCUT2D eigenvalue weighted by molar-refractivity contribution is 7.89. The molecule has 1 fully saturated rings. The molecule has 0 amide bonds. The van der Waals surface area contributed by atoms with Crippen molar-refractivity contribution in [1.29, 1.82) is 0 Å². The van der Waals surface area contributed by atoms with Gasteiger partial charge >= 0.3 is 0 Å². The summed E-state index contributed by atoms with van der Waals surface area (Å²) in [6.45, 7) is 2.48.